The molecule has 0 radical (unpaired) electrons. The van der Waals surface area contributed by atoms with E-state index in [1.54, 1.807) is 0 Å². The summed E-state index contributed by atoms with van der Waals surface area (Å²) in [7, 11) is -4.24. The highest BCUT2D eigenvalue weighted by Gasteiger charge is 2.38. The van der Waals surface area contributed by atoms with Crippen molar-refractivity contribution < 1.29 is 23.2 Å². The van der Waals surface area contributed by atoms with Crippen LogP contribution in [-0.2, 0) is 14.8 Å². The summed E-state index contributed by atoms with van der Waals surface area (Å²) in [5, 5.41) is 19.8. The zero-order chi connectivity index (χ0) is 16.5. The number of nitro benzene ring substituents is 1. The van der Waals surface area contributed by atoms with Gasteiger partial charge in [0.25, 0.3) is 15.7 Å². The quantitative estimate of drug-likeness (QED) is 0.654. The fourth-order valence-electron chi connectivity index (χ4n) is 2.39. The maximum Gasteiger partial charge on any atom is 0.307 e. The van der Waals surface area contributed by atoms with E-state index < -0.39 is 37.4 Å². The first-order chi connectivity index (χ1) is 10.2. The number of carboxylic acid groups (broad SMARTS) is 1. The zero-order valence-electron chi connectivity index (χ0n) is 11.3. The summed E-state index contributed by atoms with van der Waals surface area (Å²) in [5.74, 6) is -1.92. The summed E-state index contributed by atoms with van der Waals surface area (Å²) in [4.78, 5) is 20.7. The van der Waals surface area contributed by atoms with Gasteiger partial charge in [-0.2, -0.15) is 4.31 Å². The number of aliphatic carboxylic acids is 1. The minimum absolute atomic E-state index is 0.106. The highest BCUT2D eigenvalue weighted by Crippen LogP contribution is 2.34. The highest BCUT2D eigenvalue weighted by atomic mass is 35.5. The molecule has 0 aliphatic carbocycles. The number of hydrogen-bond donors (Lipinski definition) is 1. The molecule has 1 aromatic carbocycles. The number of nitrogens with zero attached hydrogens (tertiary/aromatic N) is 2. The Hall–Kier alpha value is -1.71. The second-order valence-electron chi connectivity index (χ2n) is 4.89. The Labute approximate surface area is 131 Å². The molecule has 22 heavy (non-hydrogen) atoms. The summed E-state index contributed by atoms with van der Waals surface area (Å²) in [6, 6.07) is 3.59. The van der Waals surface area contributed by atoms with Crippen LogP contribution >= 0.6 is 11.6 Å². The Bertz CT molecular complexity index is 720. The van der Waals surface area contributed by atoms with E-state index in [1.165, 1.54) is 12.1 Å². The third-order valence-electron chi connectivity index (χ3n) is 3.47. The van der Waals surface area contributed by atoms with Crippen molar-refractivity contribution in [3.05, 3.63) is 33.3 Å². The molecule has 1 fully saturated rings. The van der Waals surface area contributed by atoms with E-state index in [2.05, 4.69) is 0 Å². The molecule has 1 N–H and O–H groups in total. The van der Waals surface area contributed by atoms with E-state index in [0.717, 1.165) is 10.4 Å². The van der Waals surface area contributed by atoms with Gasteiger partial charge in [-0.3, -0.25) is 14.9 Å². The molecule has 10 heteroatoms. The minimum atomic E-state index is -4.24. The van der Waals surface area contributed by atoms with Gasteiger partial charge in [0.2, 0.25) is 0 Å². The fourth-order valence-corrected chi connectivity index (χ4v) is 4.58. The van der Waals surface area contributed by atoms with Crippen LogP contribution < -0.4 is 0 Å². The second kappa shape index (κ2) is 6.19. The molecule has 1 aromatic rings. The van der Waals surface area contributed by atoms with Crippen molar-refractivity contribution in [3.8, 4) is 0 Å². The summed E-state index contributed by atoms with van der Waals surface area (Å²) in [5.41, 5.74) is -0.620. The Balaban J connectivity index is 2.47. The standard InChI is InChI=1S/C12H13ClN2O6S/c13-9-4-1-5-10(15(18)19)11(9)22(20,21)14-6-2-3-8(7-14)12(16)17/h1,4-5,8H,2-3,6-7H2,(H,16,17). The SMILES string of the molecule is O=C(O)C1CCCN(S(=O)(=O)c2c(Cl)cccc2[N+](=O)[O-])C1. The number of halogens is 1. The minimum Gasteiger partial charge on any atom is -0.481 e. The number of piperidine rings is 1. The predicted octanol–water partition coefficient (Wildman–Crippen LogP) is 1.73. The van der Waals surface area contributed by atoms with Gasteiger partial charge in [-0.25, -0.2) is 8.42 Å². The van der Waals surface area contributed by atoms with Gasteiger partial charge in [-0.05, 0) is 18.9 Å². The van der Waals surface area contributed by atoms with Crippen LogP contribution in [0.4, 0.5) is 5.69 Å². The number of hydrogen-bond acceptors (Lipinski definition) is 5. The Kier molecular flexibility index (Phi) is 4.69. The van der Waals surface area contributed by atoms with Crippen LogP contribution in [0.5, 0.6) is 0 Å². The normalized spacial score (nSPS) is 19.8. The topological polar surface area (TPSA) is 118 Å². The third kappa shape index (κ3) is 3.06. The van der Waals surface area contributed by atoms with Crippen molar-refractivity contribution in [1.82, 2.24) is 4.31 Å². The van der Waals surface area contributed by atoms with Crippen molar-refractivity contribution in [1.29, 1.82) is 0 Å². The molecule has 0 bridgehead atoms. The summed E-state index contributed by atoms with van der Waals surface area (Å²) in [6.45, 7) is -0.117. The van der Waals surface area contributed by atoms with Crippen LogP contribution in [0, 0.1) is 16.0 Å². The van der Waals surface area contributed by atoms with Gasteiger partial charge >= 0.3 is 5.97 Å². The third-order valence-corrected chi connectivity index (χ3v) is 5.86. The molecule has 1 saturated heterocycles. The first-order valence-electron chi connectivity index (χ1n) is 6.41. The van der Waals surface area contributed by atoms with Crippen molar-refractivity contribution in [2.75, 3.05) is 13.1 Å². The number of sulfonamides is 1. The number of benzene rings is 1. The summed E-state index contributed by atoms with van der Waals surface area (Å²) in [6.07, 6.45) is 0.737. The van der Waals surface area contributed by atoms with Gasteiger partial charge in [-0.1, -0.05) is 17.7 Å². The predicted molar refractivity (Wildman–Crippen MR) is 77.2 cm³/mol. The molecule has 0 saturated carbocycles. The van der Waals surface area contributed by atoms with Gasteiger partial charge < -0.3 is 5.11 Å². The van der Waals surface area contributed by atoms with Crippen LogP contribution in [-0.4, -0.2) is 41.8 Å². The van der Waals surface area contributed by atoms with Gasteiger partial charge in [0.15, 0.2) is 4.90 Å². The van der Waals surface area contributed by atoms with E-state index in [9.17, 15) is 23.3 Å². The zero-order valence-corrected chi connectivity index (χ0v) is 12.9. The number of rotatable bonds is 4. The van der Waals surface area contributed by atoms with Gasteiger partial charge in [0.1, 0.15) is 0 Å². The van der Waals surface area contributed by atoms with Crippen molar-refractivity contribution >= 4 is 33.3 Å². The largest absolute Gasteiger partial charge is 0.481 e. The van der Waals surface area contributed by atoms with E-state index in [4.69, 9.17) is 16.7 Å². The molecule has 120 valence electrons. The lowest BCUT2D eigenvalue weighted by Crippen LogP contribution is -2.42. The van der Waals surface area contributed by atoms with E-state index in [1.807, 2.05) is 0 Å². The van der Waals surface area contributed by atoms with Gasteiger partial charge in [0.05, 0.1) is 15.9 Å². The maximum atomic E-state index is 12.6. The van der Waals surface area contributed by atoms with Gasteiger partial charge in [-0.15, -0.1) is 0 Å². The number of carbonyl (C=O) groups is 1. The molecular weight excluding hydrogens is 336 g/mol. The Morgan fingerprint density at radius 3 is 2.73 bits per heavy atom. The number of carboxylic acids is 1. The average molecular weight is 349 g/mol. The lowest BCUT2D eigenvalue weighted by molar-refractivity contribution is -0.387. The molecule has 1 aliphatic rings. The molecule has 1 unspecified atom stereocenters. The average Bonchev–Trinajstić information content (AvgIpc) is 2.46. The van der Waals surface area contributed by atoms with Crippen LogP contribution in [0.2, 0.25) is 5.02 Å². The Morgan fingerprint density at radius 2 is 2.14 bits per heavy atom. The molecule has 0 aromatic heterocycles. The first kappa shape index (κ1) is 16.7. The maximum absolute atomic E-state index is 12.6. The highest BCUT2D eigenvalue weighted by molar-refractivity contribution is 7.89. The second-order valence-corrected chi connectivity index (χ2v) is 7.17. The lowest BCUT2D eigenvalue weighted by Gasteiger charge is -2.29. The molecule has 2 rings (SSSR count). The smallest absolute Gasteiger partial charge is 0.307 e. The lowest BCUT2D eigenvalue weighted by atomic mass is 10.0. The number of nitro groups is 1. The van der Waals surface area contributed by atoms with Crippen LogP contribution in [0.15, 0.2) is 23.1 Å². The monoisotopic (exact) mass is 348 g/mol. The van der Waals surface area contributed by atoms with E-state index >= 15 is 0 Å². The first-order valence-corrected chi connectivity index (χ1v) is 8.23. The molecule has 1 atom stereocenters. The molecule has 8 nitrogen and oxygen atoms in total. The Morgan fingerprint density at radius 1 is 1.45 bits per heavy atom. The van der Waals surface area contributed by atoms with Gasteiger partial charge in [0, 0.05) is 19.2 Å². The van der Waals surface area contributed by atoms with Crippen LogP contribution in [0.3, 0.4) is 0 Å². The van der Waals surface area contributed by atoms with Crippen molar-refractivity contribution in [3.63, 3.8) is 0 Å². The van der Waals surface area contributed by atoms with E-state index in [-0.39, 0.29) is 18.1 Å². The molecular formula is C12H13ClN2O6S. The summed E-state index contributed by atoms with van der Waals surface area (Å²) >= 11 is 5.85. The fraction of sp³-hybridized carbons (Fsp3) is 0.417. The van der Waals surface area contributed by atoms with Crippen LogP contribution in [0.25, 0.3) is 0 Å². The summed E-state index contributed by atoms with van der Waals surface area (Å²) < 4.78 is 26.2. The van der Waals surface area contributed by atoms with E-state index in [0.29, 0.717) is 12.8 Å². The van der Waals surface area contributed by atoms with Crippen molar-refractivity contribution in [2.45, 2.75) is 17.7 Å². The van der Waals surface area contributed by atoms with Crippen LogP contribution in [0.1, 0.15) is 12.8 Å². The molecule has 0 amide bonds. The molecule has 0 spiro atoms. The molecule has 1 heterocycles. The molecule has 1 aliphatic heterocycles. The van der Waals surface area contributed by atoms with Crippen molar-refractivity contribution in [2.24, 2.45) is 5.92 Å².